The van der Waals surface area contributed by atoms with E-state index in [2.05, 4.69) is 10.0 Å². The molecule has 0 saturated heterocycles. The minimum Gasteiger partial charge on any atom is -0.313 e. The van der Waals surface area contributed by atoms with Gasteiger partial charge in [-0.1, -0.05) is 12.8 Å². The van der Waals surface area contributed by atoms with Crippen LogP contribution in [0.1, 0.15) is 38.5 Å². The lowest BCUT2D eigenvalue weighted by molar-refractivity contribution is 0.518. The van der Waals surface area contributed by atoms with Crippen molar-refractivity contribution < 1.29 is 8.42 Å². The summed E-state index contributed by atoms with van der Waals surface area (Å²) in [5, 5.41) is 3.22. The Morgan fingerprint density at radius 1 is 1.06 bits per heavy atom. The highest BCUT2D eigenvalue weighted by Crippen LogP contribution is 2.23. The Morgan fingerprint density at radius 2 is 1.75 bits per heavy atom. The quantitative estimate of drug-likeness (QED) is 0.700. The molecular weight excluding hydrogens is 224 g/mol. The number of rotatable bonds is 7. The number of hydrogen-bond acceptors (Lipinski definition) is 3. The number of nitrogens with one attached hydrogen (secondary N) is 2. The van der Waals surface area contributed by atoms with Crippen LogP contribution < -0.4 is 10.0 Å². The fourth-order valence-electron chi connectivity index (χ4n) is 2.22. The molecule has 2 aliphatic carbocycles. The van der Waals surface area contributed by atoms with E-state index in [1.54, 1.807) is 0 Å². The summed E-state index contributed by atoms with van der Waals surface area (Å²) in [5.41, 5.74) is 0. The zero-order valence-electron chi connectivity index (χ0n) is 9.74. The lowest BCUT2D eigenvalue weighted by atomic mass is 10.1. The van der Waals surface area contributed by atoms with Crippen LogP contribution in [0.5, 0.6) is 0 Å². The molecule has 0 spiro atoms. The lowest BCUT2D eigenvalue weighted by Crippen LogP contribution is -2.34. The van der Waals surface area contributed by atoms with Crippen molar-refractivity contribution in [2.45, 2.75) is 44.6 Å². The van der Waals surface area contributed by atoms with Crippen LogP contribution in [0.25, 0.3) is 0 Å². The van der Waals surface area contributed by atoms with E-state index in [0.29, 0.717) is 25.0 Å². The third kappa shape index (κ3) is 4.39. The maximum absolute atomic E-state index is 11.6. The largest absolute Gasteiger partial charge is 0.313 e. The minimum atomic E-state index is -3.05. The molecule has 0 aliphatic heterocycles. The molecule has 0 radical (unpaired) electrons. The molecule has 0 bridgehead atoms. The third-order valence-corrected chi connectivity index (χ3v) is 4.80. The normalized spacial score (nSPS) is 22.8. The first kappa shape index (κ1) is 12.3. The first-order chi connectivity index (χ1) is 7.66. The fraction of sp³-hybridized carbons (Fsp3) is 1.00. The van der Waals surface area contributed by atoms with Crippen LogP contribution >= 0.6 is 0 Å². The molecule has 2 saturated carbocycles. The molecule has 0 aromatic heterocycles. The molecule has 0 aromatic carbocycles. The van der Waals surface area contributed by atoms with Crippen molar-refractivity contribution in [1.29, 1.82) is 0 Å². The van der Waals surface area contributed by atoms with Crippen molar-refractivity contribution in [2.75, 3.05) is 18.8 Å². The van der Waals surface area contributed by atoms with Gasteiger partial charge in [0.2, 0.25) is 10.0 Å². The second kappa shape index (κ2) is 5.47. The predicted octanol–water partition coefficient (Wildman–Crippen LogP) is 0.848. The molecule has 0 atom stereocenters. The van der Waals surface area contributed by atoms with Crippen LogP contribution in [-0.4, -0.2) is 33.3 Å². The second-order valence-corrected chi connectivity index (χ2v) is 6.97. The van der Waals surface area contributed by atoms with Gasteiger partial charge in [-0.2, -0.15) is 0 Å². The highest BCUT2D eigenvalue weighted by molar-refractivity contribution is 7.89. The van der Waals surface area contributed by atoms with Crippen molar-refractivity contribution in [3.63, 3.8) is 0 Å². The van der Waals surface area contributed by atoms with Gasteiger partial charge in [-0.05, 0) is 31.6 Å². The molecule has 2 fully saturated rings. The van der Waals surface area contributed by atoms with Gasteiger partial charge in [-0.25, -0.2) is 13.1 Å². The first-order valence-corrected chi connectivity index (χ1v) is 8.02. The molecule has 94 valence electrons. The van der Waals surface area contributed by atoms with E-state index in [9.17, 15) is 8.42 Å². The summed E-state index contributed by atoms with van der Waals surface area (Å²) in [4.78, 5) is 0. The monoisotopic (exact) mass is 246 g/mol. The van der Waals surface area contributed by atoms with Crippen LogP contribution in [0.3, 0.4) is 0 Å². The highest BCUT2D eigenvalue weighted by Gasteiger charge is 2.22. The molecule has 0 heterocycles. The first-order valence-electron chi connectivity index (χ1n) is 6.36. The number of hydrogen-bond donors (Lipinski definition) is 2. The lowest BCUT2D eigenvalue weighted by Gasteiger charge is -2.11. The molecule has 0 amide bonds. The molecule has 2 rings (SSSR count). The topological polar surface area (TPSA) is 58.2 Å². The van der Waals surface area contributed by atoms with Gasteiger partial charge in [-0.3, -0.25) is 0 Å². The van der Waals surface area contributed by atoms with E-state index in [4.69, 9.17) is 0 Å². The van der Waals surface area contributed by atoms with E-state index in [1.807, 2.05) is 0 Å². The Kier molecular flexibility index (Phi) is 4.21. The summed E-state index contributed by atoms with van der Waals surface area (Å²) in [6, 6.07) is 0.588. The van der Waals surface area contributed by atoms with Crippen LogP contribution in [0, 0.1) is 5.92 Å². The van der Waals surface area contributed by atoms with Gasteiger partial charge in [0.25, 0.3) is 0 Å². The maximum atomic E-state index is 11.6. The van der Waals surface area contributed by atoms with Crippen LogP contribution in [0.4, 0.5) is 0 Å². The van der Waals surface area contributed by atoms with Gasteiger partial charge in [0, 0.05) is 19.1 Å². The van der Waals surface area contributed by atoms with Gasteiger partial charge in [0.15, 0.2) is 0 Å². The average molecular weight is 246 g/mol. The Hall–Kier alpha value is -0.130. The summed E-state index contributed by atoms with van der Waals surface area (Å²) < 4.78 is 26.0. The Bertz CT molecular complexity index is 306. The van der Waals surface area contributed by atoms with Gasteiger partial charge >= 0.3 is 0 Å². The van der Waals surface area contributed by atoms with Gasteiger partial charge in [0.05, 0.1) is 5.75 Å². The van der Waals surface area contributed by atoms with E-state index in [-0.39, 0.29) is 5.75 Å². The molecule has 2 aliphatic rings. The van der Waals surface area contributed by atoms with Crippen molar-refractivity contribution in [3.05, 3.63) is 0 Å². The van der Waals surface area contributed by atoms with Crippen molar-refractivity contribution in [2.24, 2.45) is 5.92 Å². The van der Waals surface area contributed by atoms with Crippen molar-refractivity contribution in [1.82, 2.24) is 10.0 Å². The third-order valence-electron chi connectivity index (χ3n) is 3.45. The van der Waals surface area contributed by atoms with Crippen LogP contribution in [0.15, 0.2) is 0 Å². The Morgan fingerprint density at radius 3 is 2.38 bits per heavy atom. The molecule has 16 heavy (non-hydrogen) atoms. The Labute approximate surface area is 98.2 Å². The summed E-state index contributed by atoms with van der Waals surface area (Å²) >= 11 is 0. The molecule has 0 aromatic rings. The van der Waals surface area contributed by atoms with E-state index < -0.39 is 10.0 Å². The molecule has 4 nitrogen and oxygen atoms in total. The van der Waals surface area contributed by atoms with Gasteiger partial charge in [-0.15, -0.1) is 0 Å². The van der Waals surface area contributed by atoms with E-state index >= 15 is 0 Å². The molecular formula is C11H22N2O2S. The fourth-order valence-corrected chi connectivity index (χ4v) is 3.24. The zero-order valence-corrected chi connectivity index (χ0v) is 10.6. The van der Waals surface area contributed by atoms with Gasteiger partial charge < -0.3 is 5.32 Å². The maximum Gasteiger partial charge on any atom is 0.212 e. The average Bonchev–Trinajstić information content (AvgIpc) is 2.91. The summed E-state index contributed by atoms with van der Waals surface area (Å²) in [7, 11) is -3.05. The van der Waals surface area contributed by atoms with Crippen molar-refractivity contribution in [3.8, 4) is 0 Å². The highest BCUT2D eigenvalue weighted by atomic mass is 32.2. The summed E-state index contributed by atoms with van der Waals surface area (Å²) in [6.07, 6.45) is 7.29. The predicted molar refractivity (Wildman–Crippen MR) is 64.8 cm³/mol. The Balaban J connectivity index is 1.61. The van der Waals surface area contributed by atoms with Gasteiger partial charge in [0.1, 0.15) is 0 Å². The number of sulfonamides is 1. The van der Waals surface area contributed by atoms with E-state index in [0.717, 1.165) is 0 Å². The SMILES string of the molecule is O=S(=O)(CCNC1CC1)NCC1CCCC1. The molecule has 5 heteroatoms. The zero-order chi connectivity index (χ0) is 11.4. The molecule has 2 N–H and O–H groups in total. The second-order valence-electron chi connectivity index (χ2n) is 5.05. The van der Waals surface area contributed by atoms with E-state index in [1.165, 1.54) is 38.5 Å². The standard InChI is InChI=1S/C11H22N2O2S/c14-16(15,8-7-12-11-5-6-11)13-9-10-3-1-2-4-10/h10-13H,1-9H2. The van der Waals surface area contributed by atoms with Crippen LogP contribution in [0.2, 0.25) is 0 Å². The molecule has 0 unspecified atom stereocenters. The summed E-state index contributed by atoms with van der Waals surface area (Å²) in [6.45, 7) is 1.23. The minimum absolute atomic E-state index is 0.218. The smallest absolute Gasteiger partial charge is 0.212 e. The van der Waals surface area contributed by atoms with Crippen molar-refractivity contribution >= 4 is 10.0 Å². The van der Waals surface area contributed by atoms with Crippen LogP contribution in [-0.2, 0) is 10.0 Å². The summed E-state index contributed by atoms with van der Waals surface area (Å²) in [5.74, 6) is 0.794.